The van der Waals surface area contributed by atoms with Crippen molar-refractivity contribution in [1.82, 2.24) is 4.90 Å². The molecule has 0 aromatic heterocycles. The van der Waals surface area contributed by atoms with E-state index in [-0.39, 0.29) is 6.29 Å². The first-order chi connectivity index (χ1) is 6.45. The fourth-order valence-corrected chi connectivity index (χ4v) is 1.11. The van der Waals surface area contributed by atoms with Crippen LogP contribution in [-0.4, -0.2) is 64.3 Å². The largest absolute Gasteiger partial charge is 0.394 e. The molecule has 0 aliphatic rings. The maximum Gasteiger partial charge on any atom is 0.219 e. The molecule has 0 radical (unpaired) electrons. The Balaban J connectivity index is 4.70. The van der Waals surface area contributed by atoms with E-state index in [0.717, 1.165) is 4.90 Å². The lowest BCUT2D eigenvalue weighted by Crippen LogP contribution is -2.52. The topological polar surface area (TPSA) is 98.1 Å². The highest BCUT2D eigenvalue weighted by molar-refractivity contribution is 5.74. The average Bonchev–Trinajstić information content (AvgIpc) is 2.16. The quantitative estimate of drug-likeness (QED) is 0.440. The molecule has 1 amide bonds. The van der Waals surface area contributed by atoms with E-state index >= 15 is 0 Å². The van der Waals surface area contributed by atoms with Gasteiger partial charge in [0.1, 0.15) is 12.2 Å². The van der Waals surface area contributed by atoms with Crippen molar-refractivity contribution in [3.8, 4) is 0 Å². The summed E-state index contributed by atoms with van der Waals surface area (Å²) in [5.74, 6) is -0.414. The number of nitrogens with zero attached hydrogens (tertiary/aromatic N) is 1. The van der Waals surface area contributed by atoms with E-state index in [1.165, 1.54) is 14.0 Å². The Labute approximate surface area is 81.8 Å². The molecule has 0 aliphatic carbocycles. The molecular formula is C8H15NO5. The summed E-state index contributed by atoms with van der Waals surface area (Å²) in [5, 5.41) is 27.1. The van der Waals surface area contributed by atoms with E-state index in [2.05, 4.69) is 0 Å². The SMILES string of the molecule is CC(=O)N(C)[C@@H]([C@H](O)C=O)[C@H](O)CO. The lowest BCUT2D eigenvalue weighted by molar-refractivity contribution is -0.139. The molecule has 0 fully saturated rings. The number of aldehydes is 1. The fraction of sp³-hybridized carbons (Fsp3) is 0.750. The molecule has 0 aromatic carbocycles. The minimum Gasteiger partial charge on any atom is -0.394 e. The van der Waals surface area contributed by atoms with E-state index < -0.39 is 30.8 Å². The molecule has 0 unspecified atom stereocenters. The third-order valence-corrected chi connectivity index (χ3v) is 2.01. The van der Waals surface area contributed by atoms with Gasteiger partial charge in [0.05, 0.1) is 12.6 Å². The number of hydrogen-bond acceptors (Lipinski definition) is 5. The predicted molar refractivity (Wildman–Crippen MR) is 47.4 cm³/mol. The second kappa shape index (κ2) is 5.69. The van der Waals surface area contributed by atoms with Crippen molar-refractivity contribution in [1.29, 1.82) is 0 Å². The molecular weight excluding hydrogens is 190 g/mol. The Morgan fingerprint density at radius 3 is 2.29 bits per heavy atom. The van der Waals surface area contributed by atoms with Gasteiger partial charge >= 0.3 is 0 Å². The first kappa shape index (κ1) is 13.0. The van der Waals surface area contributed by atoms with Gasteiger partial charge in [-0.1, -0.05) is 0 Å². The highest BCUT2D eigenvalue weighted by Crippen LogP contribution is 2.07. The molecule has 0 heterocycles. The molecule has 6 heteroatoms. The molecule has 14 heavy (non-hydrogen) atoms. The molecule has 6 nitrogen and oxygen atoms in total. The molecule has 0 aliphatic heterocycles. The van der Waals surface area contributed by atoms with Crippen LogP contribution in [-0.2, 0) is 9.59 Å². The van der Waals surface area contributed by atoms with Gasteiger partial charge in [0.25, 0.3) is 0 Å². The van der Waals surface area contributed by atoms with Gasteiger partial charge in [0.2, 0.25) is 5.91 Å². The number of rotatable bonds is 5. The van der Waals surface area contributed by atoms with Crippen LogP contribution in [0.15, 0.2) is 0 Å². The van der Waals surface area contributed by atoms with Gasteiger partial charge in [0.15, 0.2) is 6.29 Å². The number of carbonyl (C=O) groups excluding carboxylic acids is 2. The number of aliphatic hydroxyl groups excluding tert-OH is 3. The van der Waals surface area contributed by atoms with Gasteiger partial charge in [-0.3, -0.25) is 4.79 Å². The van der Waals surface area contributed by atoms with E-state index in [1.807, 2.05) is 0 Å². The number of likely N-dealkylation sites (N-methyl/N-ethyl adjacent to an activating group) is 1. The normalized spacial score (nSPS) is 16.9. The van der Waals surface area contributed by atoms with Crippen LogP contribution in [0.1, 0.15) is 6.92 Å². The fourth-order valence-electron chi connectivity index (χ4n) is 1.11. The third-order valence-electron chi connectivity index (χ3n) is 2.01. The highest BCUT2D eigenvalue weighted by Gasteiger charge is 2.31. The van der Waals surface area contributed by atoms with Crippen LogP contribution in [0.25, 0.3) is 0 Å². The lowest BCUT2D eigenvalue weighted by Gasteiger charge is -2.31. The molecule has 0 rings (SSSR count). The van der Waals surface area contributed by atoms with Crippen LogP contribution in [0.4, 0.5) is 0 Å². The predicted octanol–water partition coefficient (Wildman–Crippen LogP) is -2.25. The number of carbonyl (C=O) groups is 2. The van der Waals surface area contributed by atoms with Gasteiger partial charge < -0.3 is 25.0 Å². The van der Waals surface area contributed by atoms with E-state index in [9.17, 15) is 19.8 Å². The summed E-state index contributed by atoms with van der Waals surface area (Å²) in [6.07, 6.45) is -2.64. The zero-order valence-electron chi connectivity index (χ0n) is 8.12. The van der Waals surface area contributed by atoms with Crippen molar-refractivity contribution >= 4 is 12.2 Å². The van der Waals surface area contributed by atoms with Gasteiger partial charge in [0, 0.05) is 14.0 Å². The summed E-state index contributed by atoms with van der Waals surface area (Å²) in [4.78, 5) is 22.3. The van der Waals surface area contributed by atoms with Crippen LogP contribution in [0.3, 0.4) is 0 Å². The third kappa shape index (κ3) is 3.06. The number of amides is 1. The van der Waals surface area contributed by atoms with Crippen molar-refractivity contribution in [2.45, 2.75) is 25.2 Å². The van der Waals surface area contributed by atoms with E-state index in [0.29, 0.717) is 0 Å². The lowest BCUT2D eigenvalue weighted by atomic mass is 10.0. The standard InChI is InChI=1S/C8H15NO5/c1-5(12)9(2)8(6(13)3-10)7(14)4-11/h3,6-8,11,13-14H,4H2,1-2H3/t6-,7-,8+/m1/s1. The monoisotopic (exact) mass is 205 g/mol. The first-order valence-corrected chi connectivity index (χ1v) is 4.11. The van der Waals surface area contributed by atoms with Crippen molar-refractivity contribution < 1.29 is 24.9 Å². The van der Waals surface area contributed by atoms with Gasteiger partial charge in [-0.15, -0.1) is 0 Å². The van der Waals surface area contributed by atoms with Crippen molar-refractivity contribution in [3.05, 3.63) is 0 Å². The van der Waals surface area contributed by atoms with Crippen molar-refractivity contribution in [2.24, 2.45) is 0 Å². The number of aliphatic hydroxyl groups is 3. The first-order valence-electron chi connectivity index (χ1n) is 4.11. The minimum absolute atomic E-state index is 0.211. The maximum atomic E-state index is 10.9. The van der Waals surface area contributed by atoms with E-state index in [4.69, 9.17) is 5.11 Å². The second-order valence-electron chi connectivity index (χ2n) is 3.00. The van der Waals surface area contributed by atoms with E-state index in [1.54, 1.807) is 0 Å². The number of hydrogen-bond donors (Lipinski definition) is 3. The van der Waals surface area contributed by atoms with Crippen LogP contribution in [0, 0.1) is 0 Å². The smallest absolute Gasteiger partial charge is 0.219 e. The summed E-state index contributed by atoms with van der Waals surface area (Å²) in [6.45, 7) is 0.599. The minimum atomic E-state index is -1.51. The Bertz CT molecular complexity index is 208. The average molecular weight is 205 g/mol. The van der Waals surface area contributed by atoms with Crippen LogP contribution < -0.4 is 0 Å². The van der Waals surface area contributed by atoms with Crippen LogP contribution in [0.2, 0.25) is 0 Å². The molecule has 82 valence electrons. The second-order valence-corrected chi connectivity index (χ2v) is 3.00. The van der Waals surface area contributed by atoms with Crippen LogP contribution in [0.5, 0.6) is 0 Å². The maximum absolute atomic E-state index is 10.9. The molecule has 0 spiro atoms. The molecule has 0 saturated heterocycles. The highest BCUT2D eigenvalue weighted by atomic mass is 16.3. The van der Waals surface area contributed by atoms with Crippen molar-refractivity contribution in [2.75, 3.05) is 13.7 Å². The Morgan fingerprint density at radius 2 is 2.00 bits per heavy atom. The Morgan fingerprint density at radius 1 is 1.50 bits per heavy atom. The van der Waals surface area contributed by atoms with Crippen molar-refractivity contribution in [3.63, 3.8) is 0 Å². The van der Waals surface area contributed by atoms with Gasteiger partial charge in [-0.2, -0.15) is 0 Å². The summed E-state index contributed by atoms with van der Waals surface area (Å²) < 4.78 is 0. The summed E-state index contributed by atoms with van der Waals surface area (Å²) in [6, 6.07) is -1.12. The molecule has 3 N–H and O–H groups in total. The Hall–Kier alpha value is -0.980. The summed E-state index contributed by atoms with van der Waals surface area (Å²) >= 11 is 0. The molecule has 0 aromatic rings. The zero-order valence-corrected chi connectivity index (χ0v) is 8.12. The molecule has 0 bridgehead atoms. The van der Waals surface area contributed by atoms with Gasteiger partial charge in [-0.25, -0.2) is 0 Å². The molecule has 3 atom stereocenters. The summed E-state index contributed by atoms with van der Waals surface area (Å²) in [7, 11) is 1.33. The van der Waals surface area contributed by atoms with Gasteiger partial charge in [-0.05, 0) is 0 Å². The summed E-state index contributed by atoms with van der Waals surface area (Å²) in [5.41, 5.74) is 0. The van der Waals surface area contributed by atoms with Crippen LogP contribution >= 0.6 is 0 Å². The Kier molecular flexibility index (Phi) is 5.29. The molecule has 0 saturated carbocycles. The zero-order chi connectivity index (χ0) is 11.3.